The van der Waals surface area contributed by atoms with Gasteiger partial charge in [0.05, 0.1) is 17.1 Å². The van der Waals surface area contributed by atoms with Crippen LogP contribution in [0.2, 0.25) is 0 Å². The first-order chi connectivity index (χ1) is 9.86. The predicted octanol–water partition coefficient (Wildman–Crippen LogP) is 4.03. The first-order valence-electron chi connectivity index (χ1n) is 5.62. The fourth-order valence-electron chi connectivity index (χ4n) is 1.60. The van der Waals surface area contributed by atoms with Crippen LogP contribution in [0.5, 0.6) is 5.75 Å². The lowest BCUT2D eigenvalue weighted by molar-refractivity contribution is -0.0521. The van der Waals surface area contributed by atoms with Crippen LogP contribution in [0.1, 0.15) is 0 Å². The Hall–Kier alpha value is -2.51. The van der Waals surface area contributed by atoms with Gasteiger partial charge in [-0.3, -0.25) is 0 Å². The van der Waals surface area contributed by atoms with E-state index in [9.17, 15) is 22.0 Å². The molecular formula is C13H9F5N2O. The molecular weight excluding hydrogens is 295 g/mol. The minimum Gasteiger partial charge on any atom is -0.432 e. The van der Waals surface area contributed by atoms with E-state index < -0.39 is 29.8 Å². The summed E-state index contributed by atoms with van der Waals surface area (Å²) in [6.07, 6.45) is 0. The average molecular weight is 304 g/mol. The molecule has 0 aliphatic carbocycles. The normalized spacial score (nSPS) is 10.8. The summed E-state index contributed by atoms with van der Waals surface area (Å²) in [5.41, 5.74) is 4.93. The molecule has 0 aliphatic heterocycles. The number of nitrogens with two attached hydrogens (primary N) is 1. The van der Waals surface area contributed by atoms with Gasteiger partial charge in [0, 0.05) is 18.2 Å². The molecule has 3 N–H and O–H groups in total. The average Bonchev–Trinajstić information content (AvgIpc) is 2.39. The number of halogens is 5. The highest BCUT2D eigenvalue weighted by atomic mass is 19.3. The third-order valence-electron chi connectivity index (χ3n) is 2.52. The highest BCUT2D eigenvalue weighted by Crippen LogP contribution is 2.32. The van der Waals surface area contributed by atoms with Gasteiger partial charge in [0.25, 0.3) is 0 Å². The molecule has 21 heavy (non-hydrogen) atoms. The summed E-state index contributed by atoms with van der Waals surface area (Å²) in [4.78, 5) is 0. The molecule has 0 fully saturated rings. The largest absolute Gasteiger partial charge is 0.432 e. The highest BCUT2D eigenvalue weighted by molar-refractivity contribution is 5.74. The molecule has 112 valence electrons. The van der Waals surface area contributed by atoms with Gasteiger partial charge >= 0.3 is 6.61 Å². The van der Waals surface area contributed by atoms with Crippen LogP contribution in [0.3, 0.4) is 0 Å². The second-order valence-electron chi connectivity index (χ2n) is 4.00. The number of nitrogens with one attached hydrogen (secondary N) is 1. The van der Waals surface area contributed by atoms with Crippen molar-refractivity contribution in [2.45, 2.75) is 6.61 Å². The quantitative estimate of drug-likeness (QED) is 0.662. The van der Waals surface area contributed by atoms with Gasteiger partial charge < -0.3 is 15.8 Å². The van der Waals surface area contributed by atoms with Crippen molar-refractivity contribution in [1.82, 2.24) is 0 Å². The van der Waals surface area contributed by atoms with E-state index in [1.165, 1.54) is 0 Å². The lowest BCUT2D eigenvalue weighted by Crippen LogP contribution is -2.06. The van der Waals surface area contributed by atoms with Crippen molar-refractivity contribution in [2.75, 3.05) is 11.1 Å². The molecule has 0 heterocycles. The smallest absolute Gasteiger partial charge is 0.387 e. The minimum absolute atomic E-state index is 0.100. The first-order valence-corrected chi connectivity index (χ1v) is 5.62. The topological polar surface area (TPSA) is 47.3 Å². The molecule has 2 aromatic rings. The zero-order chi connectivity index (χ0) is 15.6. The molecule has 0 bridgehead atoms. The Morgan fingerprint density at radius 1 is 0.952 bits per heavy atom. The number of ether oxygens (including phenoxy) is 1. The van der Waals surface area contributed by atoms with E-state index in [2.05, 4.69) is 10.1 Å². The van der Waals surface area contributed by atoms with Gasteiger partial charge in [-0.2, -0.15) is 8.78 Å². The summed E-state index contributed by atoms with van der Waals surface area (Å²) in [6.45, 7) is -3.23. The van der Waals surface area contributed by atoms with E-state index in [4.69, 9.17) is 5.73 Å². The number of nitrogen functional groups attached to an aromatic ring is 1. The molecule has 8 heteroatoms. The number of rotatable bonds is 4. The molecule has 3 nitrogen and oxygen atoms in total. The molecule has 0 aromatic heterocycles. The van der Waals surface area contributed by atoms with Crippen LogP contribution in [0, 0.1) is 17.5 Å². The number of hydrogen-bond donors (Lipinski definition) is 2. The van der Waals surface area contributed by atoms with E-state index in [1.54, 1.807) is 0 Å². The number of benzene rings is 2. The van der Waals surface area contributed by atoms with Gasteiger partial charge in [-0.25, -0.2) is 13.2 Å². The Labute approximate surface area is 116 Å². The maximum Gasteiger partial charge on any atom is 0.387 e. The van der Waals surface area contributed by atoms with Gasteiger partial charge in [0.2, 0.25) is 0 Å². The van der Waals surface area contributed by atoms with Gasteiger partial charge in [-0.15, -0.1) is 0 Å². The molecule has 0 unspecified atom stereocenters. The molecule has 2 aromatic carbocycles. The van der Waals surface area contributed by atoms with Gasteiger partial charge in [-0.05, 0) is 12.1 Å². The van der Waals surface area contributed by atoms with Crippen molar-refractivity contribution in [1.29, 1.82) is 0 Å². The summed E-state index contributed by atoms with van der Waals surface area (Å²) >= 11 is 0. The van der Waals surface area contributed by atoms with Crippen molar-refractivity contribution in [2.24, 2.45) is 0 Å². The molecule has 2 rings (SSSR count). The molecule has 0 spiro atoms. The van der Waals surface area contributed by atoms with Crippen molar-refractivity contribution >= 4 is 17.1 Å². The lowest BCUT2D eigenvalue weighted by Gasteiger charge is -2.13. The Morgan fingerprint density at radius 2 is 1.67 bits per heavy atom. The predicted molar refractivity (Wildman–Crippen MR) is 67.1 cm³/mol. The molecule has 0 amide bonds. The number of alkyl halides is 2. The van der Waals surface area contributed by atoms with E-state index in [1.807, 2.05) is 0 Å². The van der Waals surface area contributed by atoms with Crippen molar-refractivity contribution in [3.05, 3.63) is 47.8 Å². The second-order valence-corrected chi connectivity index (χ2v) is 4.00. The second kappa shape index (κ2) is 5.86. The van der Waals surface area contributed by atoms with Gasteiger partial charge in [-0.1, -0.05) is 0 Å². The van der Waals surface area contributed by atoms with Crippen LogP contribution in [0.4, 0.5) is 39.0 Å². The third-order valence-corrected chi connectivity index (χ3v) is 2.52. The zero-order valence-corrected chi connectivity index (χ0v) is 10.3. The van der Waals surface area contributed by atoms with Crippen LogP contribution >= 0.6 is 0 Å². The van der Waals surface area contributed by atoms with E-state index >= 15 is 0 Å². The Kier molecular flexibility index (Phi) is 4.15. The van der Waals surface area contributed by atoms with Crippen LogP contribution in [-0.2, 0) is 0 Å². The van der Waals surface area contributed by atoms with Crippen molar-refractivity contribution in [3.8, 4) is 5.75 Å². The van der Waals surface area contributed by atoms with E-state index in [0.717, 1.165) is 30.3 Å². The minimum atomic E-state index is -3.23. The van der Waals surface area contributed by atoms with Gasteiger partial charge in [0.15, 0.2) is 11.6 Å². The molecule has 0 aliphatic rings. The molecule has 0 saturated carbocycles. The SMILES string of the molecule is Nc1cc(F)c(OC(F)F)cc1Nc1cc(F)ccc1F. The Morgan fingerprint density at radius 3 is 2.33 bits per heavy atom. The number of hydrogen-bond acceptors (Lipinski definition) is 3. The Bertz CT molecular complexity index is 663. The highest BCUT2D eigenvalue weighted by Gasteiger charge is 2.14. The van der Waals surface area contributed by atoms with Crippen LogP contribution in [-0.4, -0.2) is 6.61 Å². The van der Waals surface area contributed by atoms with E-state index in [-0.39, 0.29) is 17.1 Å². The first kappa shape index (κ1) is 14.9. The fraction of sp³-hybridized carbons (Fsp3) is 0.0769. The summed E-state index contributed by atoms with van der Waals surface area (Å²) in [6, 6.07) is 4.18. The van der Waals surface area contributed by atoms with E-state index in [0.29, 0.717) is 0 Å². The summed E-state index contributed by atoms with van der Waals surface area (Å²) < 4.78 is 68.1. The Balaban J connectivity index is 2.37. The zero-order valence-electron chi connectivity index (χ0n) is 10.3. The third kappa shape index (κ3) is 3.53. The van der Waals surface area contributed by atoms with Crippen molar-refractivity contribution < 1.29 is 26.7 Å². The van der Waals surface area contributed by atoms with Gasteiger partial charge in [0.1, 0.15) is 11.6 Å². The number of anilines is 3. The summed E-state index contributed by atoms with van der Waals surface area (Å²) in [5.74, 6) is -3.38. The lowest BCUT2D eigenvalue weighted by atomic mass is 10.2. The molecule has 0 saturated heterocycles. The van der Waals surface area contributed by atoms with Crippen molar-refractivity contribution in [3.63, 3.8) is 0 Å². The molecule has 0 radical (unpaired) electrons. The van der Waals surface area contributed by atoms with Crippen LogP contribution in [0.15, 0.2) is 30.3 Å². The monoisotopic (exact) mass is 304 g/mol. The maximum absolute atomic E-state index is 13.5. The standard InChI is InChI=1S/C13H9F5N2O/c14-6-1-2-7(15)10(3-6)20-11-5-12(21-13(17)18)8(16)4-9(11)19/h1-5,13,20H,19H2. The fourth-order valence-corrected chi connectivity index (χ4v) is 1.60. The molecule has 0 atom stereocenters. The van der Waals surface area contributed by atoms with Crippen LogP contribution < -0.4 is 15.8 Å². The van der Waals surface area contributed by atoms with Crippen LogP contribution in [0.25, 0.3) is 0 Å². The summed E-state index contributed by atoms with van der Waals surface area (Å²) in [7, 11) is 0. The summed E-state index contributed by atoms with van der Waals surface area (Å²) in [5, 5.41) is 2.39. The maximum atomic E-state index is 13.5.